The van der Waals surface area contributed by atoms with Gasteiger partial charge in [0, 0.05) is 37.9 Å². The molecule has 1 fully saturated rings. The first-order valence-electron chi connectivity index (χ1n) is 9.88. The molecule has 2 unspecified atom stereocenters. The monoisotopic (exact) mass is 368 g/mol. The van der Waals surface area contributed by atoms with Gasteiger partial charge in [-0.1, -0.05) is 37.1 Å². The number of nitrogens with zero attached hydrogens (tertiary/aromatic N) is 3. The molecule has 0 spiro atoms. The number of hydrogen-bond acceptors (Lipinski definition) is 5. The first kappa shape index (κ1) is 19.8. The molecule has 2 atom stereocenters. The molecular weight excluding hydrogens is 336 g/mol. The average Bonchev–Trinajstić information content (AvgIpc) is 2.65. The van der Waals surface area contributed by atoms with Gasteiger partial charge in [-0.2, -0.15) is 0 Å². The van der Waals surface area contributed by atoms with Crippen molar-refractivity contribution in [3.8, 4) is 5.75 Å². The molecule has 3 rings (SSSR count). The van der Waals surface area contributed by atoms with Gasteiger partial charge in [-0.05, 0) is 50.2 Å². The highest BCUT2D eigenvalue weighted by Crippen LogP contribution is 2.22. The van der Waals surface area contributed by atoms with Crippen molar-refractivity contribution in [2.24, 2.45) is 5.73 Å². The largest absolute Gasteiger partial charge is 0.506 e. The van der Waals surface area contributed by atoms with Crippen molar-refractivity contribution in [3.63, 3.8) is 0 Å². The number of aromatic nitrogens is 1. The van der Waals surface area contributed by atoms with E-state index in [1.165, 1.54) is 30.4 Å². The van der Waals surface area contributed by atoms with Gasteiger partial charge in [-0.25, -0.2) is 0 Å². The molecule has 0 amide bonds. The predicted molar refractivity (Wildman–Crippen MR) is 109 cm³/mol. The Hall–Kier alpha value is -1.95. The van der Waals surface area contributed by atoms with Gasteiger partial charge < -0.3 is 10.8 Å². The number of aromatic hydroxyl groups is 1. The second-order valence-electron chi connectivity index (χ2n) is 7.89. The Kier molecular flexibility index (Phi) is 6.83. The molecule has 0 radical (unpaired) electrons. The number of likely N-dealkylation sites (N-methyl/N-ethyl adjacent to an activating group) is 1. The van der Waals surface area contributed by atoms with Crippen molar-refractivity contribution >= 4 is 0 Å². The fourth-order valence-corrected chi connectivity index (χ4v) is 4.02. The minimum atomic E-state index is 0.253. The number of benzene rings is 1. The molecule has 27 heavy (non-hydrogen) atoms. The molecular formula is C22H32N4O. The molecule has 1 aromatic carbocycles. The van der Waals surface area contributed by atoms with Gasteiger partial charge >= 0.3 is 0 Å². The third-order valence-corrected chi connectivity index (χ3v) is 5.54. The van der Waals surface area contributed by atoms with E-state index in [1.54, 1.807) is 18.3 Å². The highest BCUT2D eigenvalue weighted by atomic mass is 16.3. The number of nitrogens with two attached hydrogens (primary N) is 1. The molecule has 5 nitrogen and oxygen atoms in total. The van der Waals surface area contributed by atoms with Crippen LogP contribution in [0.15, 0.2) is 42.6 Å². The highest BCUT2D eigenvalue weighted by molar-refractivity contribution is 5.25. The van der Waals surface area contributed by atoms with E-state index in [9.17, 15) is 5.11 Å². The SMILES string of the molecule is CN(Cc1ccc(CN(C)C2CCCCC2N)cc1)Cc1ncccc1O. The van der Waals surface area contributed by atoms with Crippen molar-refractivity contribution < 1.29 is 5.11 Å². The van der Waals surface area contributed by atoms with Crippen LogP contribution in [0.4, 0.5) is 0 Å². The Morgan fingerprint density at radius 1 is 1.00 bits per heavy atom. The van der Waals surface area contributed by atoms with E-state index in [0.29, 0.717) is 24.3 Å². The Morgan fingerprint density at radius 2 is 1.67 bits per heavy atom. The number of hydrogen-bond donors (Lipinski definition) is 2. The van der Waals surface area contributed by atoms with Crippen LogP contribution in [0.1, 0.15) is 42.5 Å². The van der Waals surface area contributed by atoms with E-state index in [2.05, 4.69) is 46.1 Å². The maximum absolute atomic E-state index is 9.87. The second-order valence-corrected chi connectivity index (χ2v) is 7.89. The average molecular weight is 369 g/mol. The van der Waals surface area contributed by atoms with E-state index in [1.807, 2.05) is 7.05 Å². The molecule has 5 heteroatoms. The minimum Gasteiger partial charge on any atom is -0.506 e. The van der Waals surface area contributed by atoms with E-state index in [4.69, 9.17) is 5.73 Å². The van der Waals surface area contributed by atoms with E-state index < -0.39 is 0 Å². The smallest absolute Gasteiger partial charge is 0.138 e. The van der Waals surface area contributed by atoms with Crippen LogP contribution in [-0.4, -0.2) is 46.1 Å². The van der Waals surface area contributed by atoms with Crippen LogP contribution < -0.4 is 5.73 Å². The van der Waals surface area contributed by atoms with Crippen LogP contribution >= 0.6 is 0 Å². The lowest BCUT2D eigenvalue weighted by Gasteiger charge is -2.36. The van der Waals surface area contributed by atoms with Gasteiger partial charge in [0.25, 0.3) is 0 Å². The van der Waals surface area contributed by atoms with Crippen LogP contribution in [0.3, 0.4) is 0 Å². The number of rotatable bonds is 7. The quantitative estimate of drug-likeness (QED) is 0.786. The minimum absolute atomic E-state index is 0.253. The predicted octanol–water partition coefficient (Wildman–Crippen LogP) is 3.12. The van der Waals surface area contributed by atoms with Gasteiger partial charge in [0.1, 0.15) is 5.75 Å². The molecule has 1 saturated carbocycles. The lowest BCUT2D eigenvalue weighted by molar-refractivity contribution is 0.162. The van der Waals surface area contributed by atoms with E-state index >= 15 is 0 Å². The Bertz CT molecular complexity index is 719. The maximum atomic E-state index is 9.87. The van der Waals surface area contributed by atoms with Crippen LogP contribution in [0, 0.1) is 0 Å². The molecule has 3 N–H and O–H groups in total. The van der Waals surface area contributed by atoms with Crippen LogP contribution in [0.2, 0.25) is 0 Å². The lowest BCUT2D eigenvalue weighted by atomic mass is 9.90. The third kappa shape index (κ3) is 5.51. The Balaban J connectivity index is 1.53. The van der Waals surface area contributed by atoms with Crippen molar-refractivity contribution in [3.05, 3.63) is 59.4 Å². The summed E-state index contributed by atoms with van der Waals surface area (Å²) in [5.74, 6) is 0.253. The van der Waals surface area contributed by atoms with Gasteiger partial charge in [0.15, 0.2) is 0 Å². The summed E-state index contributed by atoms with van der Waals surface area (Å²) in [4.78, 5) is 8.82. The van der Waals surface area contributed by atoms with Crippen molar-refractivity contribution in [1.82, 2.24) is 14.8 Å². The summed E-state index contributed by atoms with van der Waals surface area (Å²) in [6.07, 6.45) is 6.63. The van der Waals surface area contributed by atoms with Gasteiger partial charge in [-0.15, -0.1) is 0 Å². The molecule has 146 valence electrons. The molecule has 1 aromatic heterocycles. The van der Waals surface area contributed by atoms with Crippen LogP contribution in [-0.2, 0) is 19.6 Å². The Morgan fingerprint density at radius 3 is 2.33 bits per heavy atom. The second kappa shape index (κ2) is 9.31. The van der Waals surface area contributed by atoms with Crippen LogP contribution in [0.25, 0.3) is 0 Å². The zero-order chi connectivity index (χ0) is 19.2. The summed E-state index contributed by atoms with van der Waals surface area (Å²) in [5.41, 5.74) is 9.61. The van der Waals surface area contributed by atoms with E-state index in [0.717, 1.165) is 19.5 Å². The zero-order valence-corrected chi connectivity index (χ0v) is 16.5. The molecule has 1 aliphatic rings. The summed E-state index contributed by atoms with van der Waals surface area (Å²) in [6.45, 7) is 2.38. The normalized spacial score (nSPS) is 20.3. The van der Waals surface area contributed by atoms with Crippen molar-refractivity contribution in [1.29, 1.82) is 0 Å². The fourth-order valence-electron chi connectivity index (χ4n) is 4.02. The summed E-state index contributed by atoms with van der Waals surface area (Å²) >= 11 is 0. The van der Waals surface area contributed by atoms with Gasteiger partial charge in [-0.3, -0.25) is 14.8 Å². The molecule has 2 aromatic rings. The maximum Gasteiger partial charge on any atom is 0.138 e. The molecule has 1 heterocycles. The first-order valence-corrected chi connectivity index (χ1v) is 9.88. The van der Waals surface area contributed by atoms with Gasteiger partial charge in [0.05, 0.1) is 5.69 Å². The van der Waals surface area contributed by atoms with Gasteiger partial charge in [0.2, 0.25) is 0 Å². The summed E-state index contributed by atoms with van der Waals surface area (Å²) < 4.78 is 0. The third-order valence-electron chi connectivity index (χ3n) is 5.54. The molecule has 0 saturated heterocycles. The van der Waals surface area contributed by atoms with Crippen LogP contribution in [0.5, 0.6) is 5.75 Å². The first-order chi connectivity index (χ1) is 13.0. The lowest BCUT2D eigenvalue weighted by Crippen LogP contribution is -2.47. The topological polar surface area (TPSA) is 65.6 Å². The molecule has 1 aliphatic carbocycles. The molecule has 0 bridgehead atoms. The molecule has 0 aliphatic heterocycles. The number of pyridine rings is 1. The Labute approximate surface area is 162 Å². The van der Waals surface area contributed by atoms with E-state index in [-0.39, 0.29) is 5.75 Å². The summed E-state index contributed by atoms with van der Waals surface area (Å²) in [5, 5.41) is 9.87. The standard InChI is InChI=1S/C22H32N4O/c1-25(16-20-22(27)8-5-13-24-20)14-17-9-11-18(12-10-17)15-26(2)21-7-4-3-6-19(21)23/h5,8-13,19,21,27H,3-4,6-7,14-16,23H2,1-2H3. The highest BCUT2D eigenvalue weighted by Gasteiger charge is 2.25. The zero-order valence-electron chi connectivity index (χ0n) is 16.5. The summed E-state index contributed by atoms with van der Waals surface area (Å²) in [7, 11) is 4.23. The van der Waals surface area contributed by atoms with Crippen molar-refractivity contribution in [2.45, 2.75) is 57.4 Å². The summed E-state index contributed by atoms with van der Waals surface area (Å²) in [6, 6.07) is 13.0. The van der Waals surface area contributed by atoms with Crippen molar-refractivity contribution in [2.75, 3.05) is 14.1 Å². The fraction of sp³-hybridized carbons (Fsp3) is 0.500.